The van der Waals surface area contributed by atoms with Crippen LogP contribution in [0.4, 0.5) is 5.69 Å². The molecular formula is C9H13BN2O2S. The molecule has 0 radical (unpaired) electrons. The molecule has 0 aliphatic heterocycles. The van der Waals surface area contributed by atoms with E-state index in [4.69, 9.17) is 22.3 Å². The fraction of sp³-hybridized carbons (Fsp3) is 0.222. The minimum absolute atomic E-state index is 0.454. The molecule has 0 aliphatic carbocycles. The van der Waals surface area contributed by atoms with Gasteiger partial charge in [-0.3, -0.25) is 0 Å². The lowest BCUT2D eigenvalue weighted by Gasteiger charge is -2.09. The Morgan fingerprint density at radius 3 is 2.40 bits per heavy atom. The molecule has 6 heteroatoms. The highest BCUT2D eigenvalue weighted by Gasteiger charge is 2.09. The minimum atomic E-state index is -1.43. The SMILES string of the molecule is CCNC(=S)Nc1ccc(B(O)O)cc1. The normalized spacial score (nSPS) is 9.53. The first-order valence-corrected chi connectivity index (χ1v) is 5.05. The van der Waals surface area contributed by atoms with E-state index < -0.39 is 7.12 Å². The molecule has 1 rings (SSSR count). The van der Waals surface area contributed by atoms with E-state index in [1.807, 2.05) is 6.92 Å². The number of hydrogen-bond donors (Lipinski definition) is 4. The highest BCUT2D eigenvalue weighted by molar-refractivity contribution is 7.80. The van der Waals surface area contributed by atoms with Gasteiger partial charge in [0, 0.05) is 12.2 Å². The maximum absolute atomic E-state index is 8.88. The number of rotatable bonds is 3. The van der Waals surface area contributed by atoms with Crippen LogP contribution in [0.15, 0.2) is 24.3 Å². The van der Waals surface area contributed by atoms with Gasteiger partial charge < -0.3 is 20.7 Å². The summed E-state index contributed by atoms with van der Waals surface area (Å²) in [5.74, 6) is 0. The predicted octanol–water partition coefficient (Wildman–Crippen LogP) is -0.327. The van der Waals surface area contributed by atoms with Crippen LogP contribution >= 0.6 is 12.2 Å². The summed E-state index contributed by atoms with van der Waals surface area (Å²) in [5.41, 5.74) is 1.26. The minimum Gasteiger partial charge on any atom is -0.423 e. The van der Waals surface area contributed by atoms with E-state index in [1.165, 1.54) is 0 Å². The van der Waals surface area contributed by atoms with E-state index in [0.717, 1.165) is 12.2 Å². The molecule has 0 spiro atoms. The van der Waals surface area contributed by atoms with Crippen molar-refractivity contribution in [1.82, 2.24) is 5.32 Å². The van der Waals surface area contributed by atoms with Crippen LogP contribution < -0.4 is 16.1 Å². The van der Waals surface area contributed by atoms with Crippen molar-refractivity contribution in [1.29, 1.82) is 0 Å². The molecule has 0 saturated heterocycles. The maximum Gasteiger partial charge on any atom is 0.488 e. The number of benzene rings is 1. The molecule has 0 aromatic heterocycles. The molecule has 0 bridgehead atoms. The summed E-state index contributed by atoms with van der Waals surface area (Å²) in [6.45, 7) is 2.72. The number of nitrogens with one attached hydrogen (secondary N) is 2. The lowest BCUT2D eigenvalue weighted by atomic mass is 9.80. The molecule has 15 heavy (non-hydrogen) atoms. The lowest BCUT2D eigenvalue weighted by molar-refractivity contribution is 0.426. The molecule has 0 heterocycles. The van der Waals surface area contributed by atoms with Crippen molar-refractivity contribution in [2.45, 2.75) is 6.92 Å². The van der Waals surface area contributed by atoms with E-state index in [2.05, 4.69) is 10.6 Å². The zero-order chi connectivity index (χ0) is 11.3. The summed E-state index contributed by atoms with van der Waals surface area (Å²) in [7, 11) is -1.43. The van der Waals surface area contributed by atoms with E-state index in [9.17, 15) is 0 Å². The van der Waals surface area contributed by atoms with Crippen LogP contribution in [-0.4, -0.2) is 28.8 Å². The van der Waals surface area contributed by atoms with Crippen molar-refractivity contribution in [3.05, 3.63) is 24.3 Å². The molecule has 0 unspecified atom stereocenters. The summed E-state index contributed by atoms with van der Waals surface area (Å²) in [6.07, 6.45) is 0. The van der Waals surface area contributed by atoms with E-state index >= 15 is 0 Å². The van der Waals surface area contributed by atoms with Crippen molar-refractivity contribution >= 4 is 35.6 Å². The fourth-order valence-corrected chi connectivity index (χ4v) is 1.34. The van der Waals surface area contributed by atoms with Crippen molar-refractivity contribution in [2.75, 3.05) is 11.9 Å². The molecule has 0 saturated carbocycles. The van der Waals surface area contributed by atoms with Crippen LogP contribution in [0.5, 0.6) is 0 Å². The van der Waals surface area contributed by atoms with Gasteiger partial charge in [0.2, 0.25) is 0 Å². The van der Waals surface area contributed by atoms with Gasteiger partial charge in [-0.15, -0.1) is 0 Å². The first-order chi connectivity index (χ1) is 7.13. The second kappa shape index (κ2) is 5.70. The molecule has 80 valence electrons. The second-order valence-corrected chi connectivity index (χ2v) is 3.39. The zero-order valence-electron chi connectivity index (χ0n) is 8.40. The van der Waals surface area contributed by atoms with E-state index in [1.54, 1.807) is 24.3 Å². The summed E-state index contributed by atoms with van der Waals surface area (Å²) in [6, 6.07) is 6.72. The van der Waals surface area contributed by atoms with Crippen molar-refractivity contribution in [3.63, 3.8) is 0 Å². The number of thiocarbonyl (C=S) groups is 1. The Balaban J connectivity index is 2.60. The van der Waals surface area contributed by atoms with Crippen LogP contribution in [0.1, 0.15) is 6.92 Å². The van der Waals surface area contributed by atoms with Crippen LogP contribution in [-0.2, 0) is 0 Å². The summed E-state index contributed by atoms with van der Waals surface area (Å²) >= 11 is 5.00. The second-order valence-electron chi connectivity index (χ2n) is 2.98. The van der Waals surface area contributed by atoms with Gasteiger partial charge in [0.05, 0.1) is 0 Å². The Morgan fingerprint density at radius 2 is 1.93 bits per heavy atom. The third-order valence-electron chi connectivity index (χ3n) is 1.80. The molecule has 1 aromatic carbocycles. The summed E-state index contributed by atoms with van der Waals surface area (Å²) in [4.78, 5) is 0. The quantitative estimate of drug-likeness (QED) is 0.418. The topological polar surface area (TPSA) is 64.5 Å². The van der Waals surface area contributed by atoms with Crippen molar-refractivity contribution < 1.29 is 10.0 Å². The smallest absolute Gasteiger partial charge is 0.423 e. The molecule has 1 aromatic rings. The fourth-order valence-electron chi connectivity index (χ4n) is 1.07. The standard InChI is InChI=1S/C9H13BN2O2S/c1-2-11-9(15)12-8-5-3-7(4-6-8)10(13)14/h3-6,13-14H,2H2,1H3,(H2,11,12,15). The summed E-state index contributed by atoms with van der Waals surface area (Å²) < 4.78 is 0. The molecule has 0 fully saturated rings. The number of hydrogen-bond acceptors (Lipinski definition) is 3. The Morgan fingerprint density at radius 1 is 1.33 bits per heavy atom. The first-order valence-electron chi connectivity index (χ1n) is 4.64. The van der Waals surface area contributed by atoms with Gasteiger partial charge in [0.25, 0.3) is 0 Å². The lowest BCUT2D eigenvalue weighted by Crippen LogP contribution is -2.30. The van der Waals surface area contributed by atoms with Gasteiger partial charge in [-0.1, -0.05) is 12.1 Å². The molecule has 0 atom stereocenters. The monoisotopic (exact) mass is 224 g/mol. The molecule has 0 aliphatic rings. The third kappa shape index (κ3) is 3.87. The highest BCUT2D eigenvalue weighted by atomic mass is 32.1. The van der Waals surface area contributed by atoms with Crippen LogP contribution in [0.2, 0.25) is 0 Å². The Hall–Kier alpha value is -1.11. The zero-order valence-corrected chi connectivity index (χ0v) is 9.21. The average Bonchev–Trinajstić information content (AvgIpc) is 2.18. The van der Waals surface area contributed by atoms with Crippen LogP contribution in [0.25, 0.3) is 0 Å². The Bertz CT molecular complexity index is 329. The Labute approximate surface area is 94.5 Å². The number of anilines is 1. The van der Waals surface area contributed by atoms with Crippen molar-refractivity contribution in [3.8, 4) is 0 Å². The van der Waals surface area contributed by atoms with Crippen molar-refractivity contribution in [2.24, 2.45) is 0 Å². The maximum atomic E-state index is 8.88. The average molecular weight is 224 g/mol. The largest absolute Gasteiger partial charge is 0.488 e. The first kappa shape index (κ1) is 12.0. The van der Waals surface area contributed by atoms with Gasteiger partial charge in [-0.05, 0) is 36.7 Å². The van der Waals surface area contributed by atoms with E-state index in [0.29, 0.717) is 10.6 Å². The highest BCUT2D eigenvalue weighted by Crippen LogP contribution is 2.03. The van der Waals surface area contributed by atoms with E-state index in [-0.39, 0.29) is 0 Å². The van der Waals surface area contributed by atoms with Crippen LogP contribution in [0, 0.1) is 0 Å². The van der Waals surface area contributed by atoms with Gasteiger partial charge in [0.1, 0.15) is 0 Å². The van der Waals surface area contributed by atoms with Gasteiger partial charge in [0.15, 0.2) is 5.11 Å². The molecule has 0 amide bonds. The van der Waals surface area contributed by atoms with Gasteiger partial charge in [-0.25, -0.2) is 0 Å². The van der Waals surface area contributed by atoms with Crippen LogP contribution in [0.3, 0.4) is 0 Å². The predicted molar refractivity (Wildman–Crippen MR) is 66.2 cm³/mol. The summed E-state index contributed by atoms with van der Waals surface area (Å²) in [5, 5.41) is 24.2. The molecule has 4 nitrogen and oxygen atoms in total. The van der Waals surface area contributed by atoms with Gasteiger partial charge in [-0.2, -0.15) is 0 Å². The Kier molecular flexibility index (Phi) is 4.55. The molecular weight excluding hydrogens is 211 g/mol. The third-order valence-corrected chi connectivity index (χ3v) is 2.05. The van der Waals surface area contributed by atoms with Gasteiger partial charge >= 0.3 is 7.12 Å². The molecule has 4 N–H and O–H groups in total.